The van der Waals surface area contributed by atoms with E-state index in [9.17, 15) is 9.59 Å². The van der Waals surface area contributed by atoms with Crippen LogP contribution in [0.2, 0.25) is 0 Å². The van der Waals surface area contributed by atoms with Gasteiger partial charge in [0, 0.05) is 5.56 Å². The van der Waals surface area contributed by atoms with E-state index in [1.54, 1.807) is 6.92 Å². The van der Waals surface area contributed by atoms with Gasteiger partial charge in [0.05, 0.1) is 12.5 Å². The average molecular weight is 357 g/mol. The number of ketones is 1. The SMILES string of the molecule is COC(=O)[C@]1(C)CCC[C@]2(C)c3cc(C(C)=O)c(C(C)C)cc3CC[C@@H]12. The summed E-state index contributed by atoms with van der Waals surface area (Å²) in [6.07, 6.45) is 4.94. The summed E-state index contributed by atoms with van der Waals surface area (Å²) in [7, 11) is 1.50. The van der Waals surface area contributed by atoms with Crippen LogP contribution < -0.4 is 0 Å². The lowest BCUT2D eigenvalue weighted by Gasteiger charge is -2.54. The van der Waals surface area contributed by atoms with Crippen molar-refractivity contribution < 1.29 is 14.3 Å². The minimum atomic E-state index is -0.438. The molecule has 0 bridgehead atoms. The average Bonchev–Trinajstić information content (AvgIpc) is 2.59. The normalized spacial score (nSPS) is 30.5. The zero-order chi connectivity index (χ0) is 19.3. The highest BCUT2D eigenvalue weighted by molar-refractivity contribution is 5.96. The first kappa shape index (κ1) is 19.1. The van der Waals surface area contributed by atoms with Gasteiger partial charge in [0.2, 0.25) is 0 Å². The van der Waals surface area contributed by atoms with Crippen molar-refractivity contribution in [3.8, 4) is 0 Å². The number of carbonyl (C=O) groups is 2. The van der Waals surface area contributed by atoms with Crippen LogP contribution in [0.25, 0.3) is 0 Å². The molecule has 0 aliphatic heterocycles. The van der Waals surface area contributed by atoms with E-state index in [0.717, 1.165) is 43.2 Å². The fraction of sp³-hybridized carbons (Fsp3) is 0.652. The lowest BCUT2D eigenvalue weighted by atomic mass is 9.49. The predicted molar refractivity (Wildman–Crippen MR) is 104 cm³/mol. The summed E-state index contributed by atoms with van der Waals surface area (Å²) >= 11 is 0. The molecule has 0 saturated heterocycles. The Hall–Kier alpha value is -1.64. The molecule has 0 spiro atoms. The fourth-order valence-corrected chi connectivity index (χ4v) is 5.80. The fourth-order valence-electron chi connectivity index (χ4n) is 5.80. The van der Waals surface area contributed by atoms with Crippen molar-refractivity contribution in [2.24, 2.45) is 11.3 Å². The lowest BCUT2D eigenvalue weighted by molar-refractivity contribution is -0.161. The van der Waals surface area contributed by atoms with Crippen LogP contribution in [0.5, 0.6) is 0 Å². The second-order valence-electron chi connectivity index (χ2n) is 9.08. The summed E-state index contributed by atoms with van der Waals surface area (Å²) < 4.78 is 5.19. The number of fused-ring (bicyclic) bond motifs is 3. The van der Waals surface area contributed by atoms with Gasteiger partial charge in [-0.05, 0) is 79.5 Å². The number of methoxy groups -OCH3 is 1. The molecule has 142 valence electrons. The first-order valence-electron chi connectivity index (χ1n) is 9.91. The standard InChI is InChI=1S/C23H32O3/c1-14(2)17-12-16-8-9-20-22(4,19(16)13-18(17)15(3)24)10-7-11-23(20,5)21(25)26-6/h12-14,20H,7-11H2,1-6H3/t20-,22-,23-/m1/s1. The molecule has 2 aliphatic carbocycles. The zero-order valence-corrected chi connectivity index (χ0v) is 17.1. The minimum absolute atomic E-state index is 0.0749. The second-order valence-corrected chi connectivity index (χ2v) is 9.08. The highest BCUT2D eigenvalue weighted by Crippen LogP contribution is 2.58. The summed E-state index contributed by atoms with van der Waals surface area (Å²) in [6, 6.07) is 4.42. The Morgan fingerprint density at radius 3 is 2.46 bits per heavy atom. The third-order valence-corrected chi connectivity index (χ3v) is 7.18. The molecule has 1 aromatic rings. The van der Waals surface area contributed by atoms with E-state index >= 15 is 0 Å². The molecule has 0 amide bonds. The topological polar surface area (TPSA) is 43.4 Å². The Labute approximate surface area is 157 Å². The Morgan fingerprint density at radius 1 is 1.19 bits per heavy atom. The van der Waals surface area contributed by atoms with Crippen molar-refractivity contribution in [2.75, 3.05) is 7.11 Å². The van der Waals surface area contributed by atoms with Crippen LogP contribution in [0.15, 0.2) is 12.1 Å². The van der Waals surface area contributed by atoms with Crippen LogP contribution in [0.3, 0.4) is 0 Å². The largest absolute Gasteiger partial charge is 0.469 e. The number of rotatable bonds is 3. The molecule has 0 radical (unpaired) electrons. The van der Waals surface area contributed by atoms with Crippen molar-refractivity contribution in [3.05, 3.63) is 34.4 Å². The maximum atomic E-state index is 12.6. The molecule has 3 nitrogen and oxygen atoms in total. The number of benzene rings is 1. The van der Waals surface area contributed by atoms with Gasteiger partial charge in [-0.2, -0.15) is 0 Å². The highest BCUT2D eigenvalue weighted by atomic mass is 16.5. The quantitative estimate of drug-likeness (QED) is 0.552. The highest BCUT2D eigenvalue weighted by Gasteiger charge is 2.55. The minimum Gasteiger partial charge on any atom is -0.469 e. The molecule has 1 saturated carbocycles. The molecule has 0 N–H and O–H groups in total. The van der Waals surface area contributed by atoms with E-state index in [2.05, 4.69) is 39.8 Å². The molecule has 0 unspecified atom stereocenters. The van der Waals surface area contributed by atoms with Crippen LogP contribution >= 0.6 is 0 Å². The van der Waals surface area contributed by atoms with E-state index in [1.807, 2.05) is 0 Å². The molecule has 1 fully saturated rings. The third-order valence-electron chi connectivity index (χ3n) is 7.18. The zero-order valence-electron chi connectivity index (χ0n) is 17.1. The smallest absolute Gasteiger partial charge is 0.311 e. The lowest BCUT2D eigenvalue weighted by Crippen LogP contribution is -2.52. The van der Waals surface area contributed by atoms with E-state index < -0.39 is 5.41 Å². The van der Waals surface area contributed by atoms with E-state index in [0.29, 0.717) is 5.92 Å². The van der Waals surface area contributed by atoms with Crippen LogP contribution in [-0.4, -0.2) is 18.9 Å². The molecular formula is C23H32O3. The van der Waals surface area contributed by atoms with Gasteiger partial charge in [0.15, 0.2) is 5.78 Å². The summed E-state index contributed by atoms with van der Waals surface area (Å²) in [5.41, 5.74) is 4.15. The van der Waals surface area contributed by atoms with E-state index in [1.165, 1.54) is 18.2 Å². The van der Waals surface area contributed by atoms with Gasteiger partial charge in [-0.1, -0.05) is 33.3 Å². The van der Waals surface area contributed by atoms with Gasteiger partial charge in [-0.25, -0.2) is 0 Å². The van der Waals surface area contributed by atoms with Crippen molar-refractivity contribution in [1.29, 1.82) is 0 Å². The predicted octanol–water partition coefficient (Wildman–Crippen LogP) is 5.20. The van der Waals surface area contributed by atoms with Crippen LogP contribution in [-0.2, 0) is 21.4 Å². The Morgan fingerprint density at radius 2 is 1.88 bits per heavy atom. The van der Waals surface area contributed by atoms with E-state index in [-0.39, 0.29) is 23.1 Å². The van der Waals surface area contributed by atoms with Crippen molar-refractivity contribution >= 4 is 11.8 Å². The molecule has 3 rings (SSSR count). The number of hydrogen-bond acceptors (Lipinski definition) is 3. The monoisotopic (exact) mass is 356 g/mol. The van der Waals surface area contributed by atoms with Gasteiger partial charge >= 0.3 is 5.97 Å². The van der Waals surface area contributed by atoms with Crippen molar-refractivity contribution in [2.45, 2.75) is 78.1 Å². The Bertz CT molecular complexity index is 748. The first-order valence-corrected chi connectivity index (χ1v) is 9.91. The first-order chi connectivity index (χ1) is 12.1. The van der Waals surface area contributed by atoms with Gasteiger partial charge < -0.3 is 4.74 Å². The number of aryl methyl sites for hydroxylation is 1. The summed E-state index contributed by atoms with van der Waals surface area (Å²) in [5.74, 6) is 0.640. The maximum absolute atomic E-state index is 12.6. The van der Waals surface area contributed by atoms with Crippen LogP contribution in [0, 0.1) is 11.3 Å². The van der Waals surface area contributed by atoms with E-state index in [4.69, 9.17) is 4.74 Å². The number of hydrogen-bond donors (Lipinski definition) is 0. The molecule has 0 aromatic heterocycles. The van der Waals surface area contributed by atoms with Crippen molar-refractivity contribution in [1.82, 2.24) is 0 Å². The molecule has 2 aliphatic rings. The Balaban J connectivity index is 2.17. The molecule has 26 heavy (non-hydrogen) atoms. The van der Waals surface area contributed by atoms with Gasteiger partial charge in [0.25, 0.3) is 0 Å². The van der Waals surface area contributed by atoms with Gasteiger partial charge in [-0.15, -0.1) is 0 Å². The number of Topliss-reactive ketones (excluding diaryl/α,β-unsaturated/α-hetero) is 1. The van der Waals surface area contributed by atoms with Gasteiger partial charge in [-0.3, -0.25) is 9.59 Å². The van der Waals surface area contributed by atoms with Crippen molar-refractivity contribution in [3.63, 3.8) is 0 Å². The van der Waals surface area contributed by atoms with Crippen LogP contribution in [0.4, 0.5) is 0 Å². The number of ether oxygens (including phenoxy) is 1. The summed E-state index contributed by atoms with van der Waals surface area (Å²) in [6.45, 7) is 10.3. The van der Waals surface area contributed by atoms with Crippen LogP contribution in [0.1, 0.15) is 93.3 Å². The summed E-state index contributed by atoms with van der Waals surface area (Å²) in [5, 5.41) is 0. The number of esters is 1. The third kappa shape index (κ3) is 2.71. The molecule has 3 heteroatoms. The number of carbonyl (C=O) groups excluding carboxylic acids is 2. The molecule has 0 heterocycles. The second kappa shape index (κ2) is 6.51. The van der Waals surface area contributed by atoms with Gasteiger partial charge in [0.1, 0.15) is 0 Å². The molecule has 1 aromatic carbocycles. The maximum Gasteiger partial charge on any atom is 0.311 e. The summed E-state index contributed by atoms with van der Waals surface area (Å²) in [4.78, 5) is 25.0. The molecule has 3 atom stereocenters. The Kier molecular flexibility index (Phi) is 4.79. The molecular weight excluding hydrogens is 324 g/mol.